The Kier molecular flexibility index (Phi) is 3.56. The number of nitro groups is 1. The number of benzene rings is 1. The largest absolute Gasteiger partial charge is 0.378 e. The fraction of sp³-hybridized carbons (Fsp3) is 0. The molecule has 0 spiro atoms. The van der Waals surface area contributed by atoms with Crippen molar-refractivity contribution in [3.63, 3.8) is 0 Å². The number of hydrogen-bond acceptors (Lipinski definition) is 6. The molecule has 0 bridgehead atoms. The highest BCUT2D eigenvalue weighted by molar-refractivity contribution is 9.10. The van der Waals surface area contributed by atoms with Gasteiger partial charge in [-0.25, -0.2) is 14.4 Å². The van der Waals surface area contributed by atoms with E-state index in [2.05, 4.69) is 31.2 Å². The van der Waals surface area contributed by atoms with Gasteiger partial charge in [0.15, 0.2) is 0 Å². The molecule has 2 rings (SSSR count). The molecule has 1 heterocycles. The monoisotopic (exact) mass is 327 g/mol. The van der Waals surface area contributed by atoms with E-state index in [0.717, 1.165) is 6.33 Å². The first-order chi connectivity index (χ1) is 8.99. The standard InChI is InChI=1S/C10H7BrFN5O2/c11-5-1-2-7(6(12)3-5)16-10-8(17(18)19)9(13)14-4-15-10/h1-4H,(H3,13,14,15,16). The molecule has 0 fully saturated rings. The second kappa shape index (κ2) is 5.14. The van der Waals surface area contributed by atoms with Crippen LogP contribution in [0.3, 0.4) is 0 Å². The molecule has 0 radical (unpaired) electrons. The van der Waals surface area contributed by atoms with E-state index in [1.807, 2.05) is 0 Å². The van der Waals surface area contributed by atoms with Gasteiger partial charge in [-0.05, 0) is 18.2 Å². The summed E-state index contributed by atoms with van der Waals surface area (Å²) >= 11 is 3.11. The molecule has 1 aromatic heterocycles. The predicted molar refractivity (Wildman–Crippen MR) is 70.5 cm³/mol. The fourth-order valence-corrected chi connectivity index (χ4v) is 1.72. The second-order valence-electron chi connectivity index (χ2n) is 3.46. The summed E-state index contributed by atoms with van der Waals surface area (Å²) in [7, 11) is 0. The van der Waals surface area contributed by atoms with E-state index >= 15 is 0 Å². The molecule has 0 atom stereocenters. The molecule has 0 unspecified atom stereocenters. The maximum absolute atomic E-state index is 13.6. The molecular formula is C10H7BrFN5O2. The molecule has 1 aromatic carbocycles. The van der Waals surface area contributed by atoms with Crippen LogP contribution < -0.4 is 11.1 Å². The molecular weight excluding hydrogens is 321 g/mol. The first kappa shape index (κ1) is 13.1. The molecule has 0 amide bonds. The summed E-state index contributed by atoms with van der Waals surface area (Å²) < 4.78 is 14.2. The first-order valence-electron chi connectivity index (χ1n) is 4.96. The number of halogens is 2. The van der Waals surface area contributed by atoms with Crippen molar-refractivity contribution in [3.05, 3.63) is 44.9 Å². The van der Waals surface area contributed by atoms with Gasteiger partial charge in [0, 0.05) is 4.47 Å². The smallest absolute Gasteiger partial charge is 0.353 e. The SMILES string of the molecule is Nc1ncnc(Nc2ccc(Br)cc2F)c1[N+](=O)[O-]. The van der Waals surface area contributed by atoms with Gasteiger partial charge < -0.3 is 11.1 Å². The maximum atomic E-state index is 13.6. The Hall–Kier alpha value is -2.29. The van der Waals surface area contributed by atoms with Gasteiger partial charge in [-0.2, -0.15) is 0 Å². The third-order valence-corrected chi connectivity index (χ3v) is 2.71. The highest BCUT2D eigenvalue weighted by Crippen LogP contribution is 2.30. The van der Waals surface area contributed by atoms with Gasteiger partial charge in [0.25, 0.3) is 0 Å². The van der Waals surface area contributed by atoms with Crippen LogP contribution in [0.25, 0.3) is 0 Å². The van der Waals surface area contributed by atoms with Crippen LogP contribution in [-0.4, -0.2) is 14.9 Å². The maximum Gasteiger partial charge on any atom is 0.353 e. The Morgan fingerprint density at radius 3 is 2.79 bits per heavy atom. The lowest BCUT2D eigenvalue weighted by Gasteiger charge is -2.07. The van der Waals surface area contributed by atoms with Crippen molar-refractivity contribution in [3.8, 4) is 0 Å². The summed E-state index contributed by atoms with van der Waals surface area (Å²) in [6.45, 7) is 0. The Morgan fingerprint density at radius 1 is 1.42 bits per heavy atom. The summed E-state index contributed by atoms with van der Waals surface area (Å²) in [4.78, 5) is 17.4. The van der Waals surface area contributed by atoms with E-state index in [0.29, 0.717) is 4.47 Å². The minimum atomic E-state index is -0.728. The topological polar surface area (TPSA) is 107 Å². The van der Waals surface area contributed by atoms with Crippen molar-refractivity contribution in [2.45, 2.75) is 0 Å². The molecule has 0 saturated carbocycles. The van der Waals surface area contributed by atoms with E-state index in [1.54, 1.807) is 6.07 Å². The van der Waals surface area contributed by atoms with E-state index in [1.165, 1.54) is 12.1 Å². The molecule has 0 aliphatic carbocycles. The molecule has 3 N–H and O–H groups in total. The quantitative estimate of drug-likeness (QED) is 0.662. The fourth-order valence-electron chi connectivity index (χ4n) is 1.38. The minimum absolute atomic E-state index is 0.0457. The third-order valence-electron chi connectivity index (χ3n) is 2.22. The van der Waals surface area contributed by atoms with Crippen LogP contribution in [0.2, 0.25) is 0 Å². The van der Waals surface area contributed by atoms with Crippen molar-refractivity contribution >= 4 is 38.9 Å². The number of nitrogens with two attached hydrogens (primary N) is 1. The molecule has 9 heteroatoms. The number of nitrogens with zero attached hydrogens (tertiary/aromatic N) is 3. The number of nitrogen functional groups attached to an aromatic ring is 1. The van der Waals surface area contributed by atoms with Crippen LogP contribution in [0.1, 0.15) is 0 Å². The average Bonchev–Trinajstić information content (AvgIpc) is 2.32. The van der Waals surface area contributed by atoms with Crippen molar-refractivity contribution in [2.24, 2.45) is 0 Å². The normalized spacial score (nSPS) is 10.2. The van der Waals surface area contributed by atoms with Crippen molar-refractivity contribution in [2.75, 3.05) is 11.1 Å². The summed E-state index contributed by atoms with van der Waals surface area (Å²) in [6, 6.07) is 4.22. The Labute approximate surface area is 115 Å². The van der Waals surface area contributed by atoms with Gasteiger partial charge in [0.2, 0.25) is 11.6 Å². The highest BCUT2D eigenvalue weighted by Gasteiger charge is 2.21. The zero-order chi connectivity index (χ0) is 14.0. The van der Waals surface area contributed by atoms with Crippen molar-refractivity contribution in [1.82, 2.24) is 9.97 Å². The van der Waals surface area contributed by atoms with E-state index in [4.69, 9.17) is 5.73 Å². The van der Waals surface area contributed by atoms with Gasteiger partial charge in [-0.15, -0.1) is 0 Å². The van der Waals surface area contributed by atoms with E-state index in [9.17, 15) is 14.5 Å². The van der Waals surface area contributed by atoms with Gasteiger partial charge in [0.05, 0.1) is 10.6 Å². The molecule has 0 aliphatic rings. The summed E-state index contributed by atoms with van der Waals surface area (Å²) in [6.07, 6.45) is 1.06. The van der Waals surface area contributed by atoms with Crippen LogP contribution >= 0.6 is 15.9 Å². The number of hydrogen-bond donors (Lipinski definition) is 2. The Bertz CT molecular complexity index is 652. The van der Waals surface area contributed by atoms with Crippen LogP contribution in [0.4, 0.5) is 27.4 Å². The van der Waals surface area contributed by atoms with E-state index in [-0.39, 0.29) is 17.3 Å². The van der Waals surface area contributed by atoms with Crippen molar-refractivity contribution in [1.29, 1.82) is 0 Å². The van der Waals surface area contributed by atoms with Gasteiger partial charge in [-0.1, -0.05) is 15.9 Å². The van der Waals surface area contributed by atoms with Gasteiger partial charge in [0.1, 0.15) is 12.1 Å². The number of aromatic nitrogens is 2. The number of anilines is 3. The predicted octanol–water partition coefficient (Wildman–Crippen LogP) is 2.61. The second-order valence-corrected chi connectivity index (χ2v) is 4.38. The zero-order valence-electron chi connectivity index (χ0n) is 9.30. The lowest BCUT2D eigenvalue weighted by atomic mass is 10.3. The van der Waals surface area contributed by atoms with Crippen LogP contribution in [0.5, 0.6) is 0 Å². The average molecular weight is 328 g/mol. The lowest BCUT2D eigenvalue weighted by Crippen LogP contribution is -2.05. The third kappa shape index (κ3) is 2.76. The van der Waals surface area contributed by atoms with Crippen molar-refractivity contribution < 1.29 is 9.31 Å². The number of rotatable bonds is 3. The summed E-state index contributed by atoms with van der Waals surface area (Å²) in [5, 5.41) is 13.4. The zero-order valence-corrected chi connectivity index (χ0v) is 10.9. The van der Waals surface area contributed by atoms with Crippen LogP contribution in [-0.2, 0) is 0 Å². The summed E-state index contributed by atoms with van der Waals surface area (Å²) in [5.74, 6) is -1.04. The van der Waals surface area contributed by atoms with E-state index < -0.39 is 16.4 Å². The van der Waals surface area contributed by atoms with Gasteiger partial charge >= 0.3 is 5.69 Å². The molecule has 2 aromatic rings. The Morgan fingerprint density at radius 2 is 2.16 bits per heavy atom. The molecule has 0 saturated heterocycles. The minimum Gasteiger partial charge on any atom is -0.378 e. The lowest BCUT2D eigenvalue weighted by molar-refractivity contribution is -0.383. The highest BCUT2D eigenvalue weighted by atomic mass is 79.9. The number of nitrogens with one attached hydrogen (secondary N) is 1. The van der Waals surface area contributed by atoms with Gasteiger partial charge in [-0.3, -0.25) is 10.1 Å². The molecule has 7 nitrogen and oxygen atoms in total. The molecule has 98 valence electrons. The molecule has 0 aliphatic heterocycles. The van der Waals surface area contributed by atoms with Crippen LogP contribution in [0.15, 0.2) is 29.0 Å². The summed E-state index contributed by atoms with van der Waals surface area (Å²) in [5.41, 5.74) is 4.95. The molecule has 19 heavy (non-hydrogen) atoms. The first-order valence-corrected chi connectivity index (χ1v) is 5.75. The van der Waals surface area contributed by atoms with Crippen LogP contribution in [0, 0.1) is 15.9 Å². The Balaban J connectivity index is 2.44.